The van der Waals surface area contributed by atoms with Crippen LogP contribution in [0.1, 0.15) is 31.8 Å². The molecule has 0 heterocycles. The summed E-state index contributed by atoms with van der Waals surface area (Å²) in [6.45, 7) is 1.54. The number of aryl methyl sites for hydroxylation is 1. The van der Waals surface area contributed by atoms with Gasteiger partial charge in [0.2, 0.25) is 0 Å². The Morgan fingerprint density at radius 2 is 1.79 bits per heavy atom. The van der Waals surface area contributed by atoms with E-state index in [-0.39, 0.29) is 17.9 Å². The lowest BCUT2D eigenvalue weighted by molar-refractivity contribution is -0.120. The normalized spacial score (nSPS) is 10.6. The third kappa shape index (κ3) is 7.08. The van der Waals surface area contributed by atoms with Crippen molar-refractivity contribution in [3.8, 4) is 5.75 Å². The third-order valence-corrected chi connectivity index (χ3v) is 4.83. The molecule has 3 rings (SSSR count). The molecule has 0 bridgehead atoms. The number of esters is 1. The van der Waals surface area contributed by atoms with E-state index in [4.69, 9.17) is 4.74 Å². The van der Waals surface area contributed by atoms with Crippen LogP contribution in [0.5, 0.6) is 5.75 Å². The minimum absolute atomic E-state index is 0.224. The molecule has 33 heavy (non-hydrogen) atoms. The van der Waals surface area contributed by atoms with Gasteiger partial charge in [-0.2, -0.15) is 5.10 Å². The predicted octanol–water partition coefficient (Wildman–Crippen LogP) is 4.00. The summed E-state index contributed by atoms with van der Waals surface area (Å²) in [7, 11) is 0. The van der Waals surface area contributed by atoms with E-state index in [1.165, 1.54) is 18.3 Å². The van der Waals surface area contributed by atoms with Crippen LogP contribution in [0.4, 0.5) is 4.39 Å². The van der Waals surface area contributed by atoms with Gasteiger partial charge in [0.05, 0.1) is 18.3 Å². The first-order valence-electron chi connectivity index (χ1n) is 9.76. The summed E-state index contributed by atoms with van der Waals surface area (Å²) in [5.41, 5.74) is 4.29. The maximum absolute atomic E-state index is 12.9. The first-order chi connectivity index (χ1) is 15.8. The van der Waals surface area contributed by atoms with Crippen molar-refractivity contribution >= 4 is 39.9 Å². The Morgan fingerprint density at radius 3 is 2.52 bits per heavy atom. The molecule has 0 unspecified atom stereocenters. The number of ether oxygens (including phenoxy) is 1. The maximum atomic E-state index is 12.9. The Kier molecular flexibility index (Phi) is 8.04. The lowest BCUT2D eigenvalue weighted by atomic mass is 10.1. The molecule has 0 spiro atoms. The van der Waals surface area contributed by atoms with Gasteiger partial charge in [0.1, 0.15) is 11.6 Å². The zero-order valence-corrected chi connectivity index (χ0v) is 19.1. The van der Waals surface area contributed by atoms with Crippen LogP contribution in [0.2, 0.25) is 0 Å². The lowest BCUT2D eigenvalue weighted by Gasteiger charge is -2.08. The first kappa shape index (κ1) is 23.8. The Balaban J connectivity index is 1.59. The fourth-order valence-corrected chi connectivity index (χ4v) is 3.10. The minimum Gasteiger partial charge on any atom is -0.422 e. The van der Waals surface area contributed by atoms with E-state index >= 15 is 0 Å². The third-order valence-electron chi connectivity index (χ3n) is 4.34. The van der Waals surface area contributed by atoms with Gasteiger partial charge in [0.15, 0.2) is 0 Å². The van der Waals surface area contributed by atoms with Gasteiger partial charge in [0.25, 0.3) is 11.8 Å². The highest BCUT2D eigenvalue weighted by Gasteiger charge is 2.12. The van der Waals surface area contributed by atoms with Crippen molar-refractivity contribution in [2.75, 3.05) is 6.54 Å². The summed E-state index contributed by atoms with van der Waals surface area (Å²) in [5.74, 6) is -1.83. The average Bonchev–Trinajstić information content (AvgIpc) is 2.79. The van der Waals surface area contributed by atoms with Crippen LogP contribution < -0.4 is 15.5 Å². The molecule has 0 fully saturated rings. The number of amides is 2. The highest BCUT2D eigenvalue weighted by molar-refractivity contribution is 9.10. The van der Waals surface area contributed by atoms with E-state index in [1.54, 1.807) is 36.4 Å². The Bertz CT molecular complexity index is 1210. The van der Waals surface area contributed by atoms with E-state index in [0.29, 0.717) is 11.1 Å². The number of nitrogens with zero attached hydrogens (tertiary/aromatic N) is 1. The molecular formula is C24H19BrFN3O4. The molecule has 0 atom stereocenters. The van der Waals surface area contributed by atoms with Crippen LogP contribution in [0.3, 0.4) is 0 Å². The minimum atomic E-state index is -0.574. The molecule has 2 N–H and O–H groups in total. The van der Waals surface area contributed by atoms with Crippen LogP contribution in [0, 0.1) is 12.7 Å². The predicted molar refractivity (Wildman–Crippen MR) is 125 cm³/mol. The quantitative estimate of drug-likeness (QED) is 0.217. The molecule has 2 amide bonds. The van der Waals surface area contributed by atoms with Crippen molar-refractivity contribution < 1.29 is 23.5 Å². The second-order valence-electron chi connectivity index (χ2n) is 6.92. The molecule has 0 aliphatic rings. The number of rotatable bonds is 7. The Labute approximate surface area is 197 Å². The molecule has 3 aromatic rings. The van der Waals surface area contributed by atoms with Crippen LogP contribution in [-0.4, -0.2) is 30.5 Å². The van der Waals surface area contributed by atoms with E-state index in [2.05, 4.69) is 31.8 Å². The summed E-state index contributed by atoms with van der Waals surface area (Å²) in [6, 6.07) is 16.9. The highest BCUT2D eigenvalue weighted by atomic mass is 79.9. The molecule has 0 saturated heterocycles. The molecule has 9 heteroatoms. The van der Waals surface area contributed by atoms with Crippen LogP contribution >= 0.6 is 15.9 Å². The molecule has 0 aliphatic carbocycles. The van der Waals surface area contributed by atoms with E-state index < -0.39 is 23.6 Å². The van der Waals surface area contributed by atoms with Crippen molar-refractivity contribution in [1.82, 2.24) is 10.7 Å². The molecular weight excluding hydrogens is 493 g/mol. The van der Waals surface area contributed by atoms with Crippen molar-refractivity contribution in [1.29, 1.82) is 0 Å². The largest absolute Gasteiger partial charge is 0.422 e. The molecule has 3 aromatic carbocycles. The molecule has 0 aromatic heterocycles. The maximum Gasteiger partial charge on any atom is 0.343 e. The van der Waals surface area contributed by atoms with Gasteiger partial charge in [-0.1, -0.05) is 33.6 Å². The molecule has 7 nitrogen and oxygen atoms in total. The monoisotopic (exact) mass is 511 g/mol. The number of hydrogen-bond donors (Lipinski definition) is 2. The Morgan fingerprint density at radius 1 is 1.03 bits per heavy atom. The lowest BCUT2D eigenvalue weighted by Crippen LogP contribution is -2.34. The number of halogens is 2. The van der Waals surface area contributed by atoms with E-state index in [1.807, 2.05) is 13.0 Å². The van der Waals surface area contributed by atoms with Gasteiger partial charge in [-0.3, -0.25) is 9.59 Å². The number of nitrogens with one attached hydrogen (secondary N) is 2. The van der Waals surface area contributed by atoms with Gasteiger partial charge in [-0.15, -0.1) is 0 Å². The first-order valence-corrected chi connectivity index (χ1v) is 10.5. The summed E-state index contributed by atoms with van der Waals surface area (Å²) < 4.78 is 19.1. The number of hydrogen-bond acceptors (Lipinski definition) is 5. The number of carbonyl (C=O) groups is 3. The van der Waals surface area contributed by atoms with Crippen LogP contribution in [-0.2, 0) is 4.79 Å². The van der Waals surface area contributed by atoms with Crippen LogP contribution in [0.15, 0.2) is 76.3 Å². The number of carbonyl (C=O) groups excluding carboxylic acids is 3. The summed E-state index contributed by atoms with van der Waals surface area (Å²) >= 11 is 3.34. The highest BCUT2D eigenvalue weighted by Crippen LogP contribution is 2.23. The van der Waals surface area contributed by atoms with Gasteiger partial charge >= 0.3 is 5.97 Å². The molecule has 168 valence electrons. The summed E-state index contributed by atoms with van der Waals surface area (Å²) in [6.07, 6.45) is 1.32. The summed E-state index contributed by atoms with van der Waals surface area (Å²) in [4.78, 5) is 36.4. The van der Waals surface area contributed by atoms with Crippen molar-refractivity contribution in [2.24, 2.45) is 5.10 Å². The van der Waals surface area contributed by atoms with E-state index in [9.17, 15) is 18.8 Å². The van der Waals surface area contributed by atoms with Gasteiger partial charge in [-0.05, 0) is 61.5 Å². The van der Waals surface area contributed by atoms with Gasteiger partial charge in [0, 0.05) is 15.6 Å². The SMILES string of the molecule is Cc1cccc(C(=O)Oc2ccc(Br)cc2C=NNC(=O)CNC(=O)c2ccc(F)cc2)c1. The second kappa shape index (κ2) is 11.1. The molecule has 0 aliphatic heterocycles. The number of benzene rings is 3. The molecule has 0 saturated carbocycles. The van der Waals surface area contributed by atoms with Crippen molar-refractivity contribution in [2.45, 2.75) is 6.92 Å². The standard InChI is InChI=1S/C24H19BrFN3O4/c1-15-3-2-4-17(11-15)24(32)33-21-10-7-19(25)12-18(21)13-28-29-22(30)14-27-23(31)16-5-8-20(26)9-6-16/h2-13H,14H2,1H3,(H,27,31)(H,29,30). The molecule has 0 radical (unpaired) electrons. The topological polar surface area (TPSA) is 96.9 Å². The zero-order chi connectivity index (χ0) is 23.8. The van der Waals surface area contributed by atoms with Gasteiger partial charge in [-0.25, -0.2) is 14.6 Å². The second-order valence-corrected chi connectivity index (χ2v) is 7.84. The fourth-order valence-electron chi connectivity index (χ4n) is 2.72. The zero-order valence-electron chi connectivity index (χ0n) is 17.5. The Hall–Kier alpha value is -3.85. The van der Waals surface area contributed by atoms with E-state index in [0.717, 1.165) is 22.2 Å². The summed E-state index contributed by atoms with van der Waals surface area (Å²) in [5, 5.41) is 6.27. The van der Waals surface area contributed by atoms with Crippen LogP contribution in [0.25, 0.3) is 0 Å². The average molecular weight is 512 g/mol. The van der Waals surface area contributed by atoms with Crippen molar-refractivity contribution in [3.63, 3.8) is 0 Å². The van der Waals surface area contributed by atoms with Crippen molar-refractivity contribution in [3.05, 3.63) is 99.3 Å². The fraction of sp³-hybridized carbons (Fsp3) is 0.0833. The van der Waals surface area contributed by atoms with Gasteiger partial charge < -0.3 is 10.1 Å². The number of hydrazone groups is 1. The smallest absolute Gasteiger partial charge is 0.343 e.